The van der Waals surface area contributed by atoms with Crippen molar-refractivity contribution < 1.29 is 14.3 Å². The van der Waals surface area contributed by atoms with Crippen LogP contribution in [0, 0.1) is 5.82 Å². The fourth-order valence-corrected chi connectivity index (χ4v) is 3.30. The number of aromatic carboxylic acids is 1. The number of halogens is 1. The Hall–Kier alpha value is -1.67. The standard InChI is InChI=1S/C12H8AsFNO2/c14-9-5-3-8(4-6-9)13-11-10(12(16)17)2-1-7-15-11/h1-7H,(H,16,17). The Morgan fingerprint density at radius 3 is 2.59 bits per heavy atom. The van der Waals surface area contributed by atoms with Gasteiger partial charge in [0.05, 0.1) is 0 Å². The van der Waals surface area contributed by atoms with E-state index in [1.165, 1.54) is 18.2 Å². The summed E-state index contributed by atoms with van der Waals surface area (Å²) in [6.07, 6.45) is 1.57. The molecule has 2 rings (SSSR count). The van der Waals surface area contributed by atoms with Gasteiger partial charge in [0, 0.05) is 0 Å². The minimum atomic E-state index is -0.981. The van der Waals surface area contributed by atoms with E-state index in [1.807, 2.05) is 0 Å². The first-order chi connectivity index (χ1) is 8.16. The maximum absolute atomic E-state index is 12.7. The van der Waals surface area contributed by atoms with E-state index < -0.39 is 21.7 Å². The van der Waals surface area contributed by atoms with Crippen LogP contribution >= 0.6 is 0 Å². The number of benzene rings is 1. The molecule has 0 saturated carbocycles. The van der Waals surface area contributed by atoms with Gasteiger partial charge in [-0.1, -0.05) is 0 Å². The quantitative estimate of drug-likeness (QED) is 0.842. The van der Waals surface area contributed by atoms with Gasteiger partial charge in [-0.15, -0.1) is 0 Å². The molecule has 0 spiro atoms. The monoisotopic (exact) mass is 292 g/mol. The number of carbonyl (C=O) groups is 1. The summed E-state index contributed by atoms with van der Waals surface area (Å²) in [5.74, 6) is -1.28. The molecule has 2 aromatic rings. The molecular weight excluding hydrogens is 284 g/mol. The van der Waals surface area contributed by atoms with Gasteiger partial charge in [-0.3, -0.25) is 0 Å². The van der Waals surface area contributed by atoms with E-state index in [1.54, 1.807) is 24.4 Å². The van der Waals surface area contributed by atoms with Crippen molar-refractivity contribution in [3.8, 4) is 0 Å². The number of hydrogen-bond acceptors (Lipinski definition) is 2. The molecule has 1 aromatic heterocycles. The van der Waals surface area contributed by atoms with Crippen LogP contribution in [0.3, 0.4) is 0 Å². The average Bonchev–Trinajstić information content (AvgIpc) is 2.32. The molecule has 0 atom stereocenters. The van der Waals surface area contributed by atoms with Crippen molar-refractivity contribution in [1.29, 1.82) is 0 Å². The van der Waals surface area contributed by atoms with Gasteiger partial charge in [-0.25, -0.2) is 0 Å². The summed E-state index contributed by atoms with van der Waals surface area (Å²) in [6, 6.07) is 9.19. The molecule has 0 amide bonds. The Labute approximate surface area is 104 Å². The number of hydrogen-bond donors (Lipinski definition) is 1. The molecule has 0 saturated heterocycles. The first kappa shape index (κ1) is 11.8. The third-order valence-electron chi connectivity index (χ3n) is 2.08. The zero-order valence-corrected chi connectivity index (χ0v) is 10.5. The predicted molar refractivity (Wildman–Crippen MR) is 62.6 cm³/mol. The fourth-order valence-electron chi connectivity index (χ4n) is 1.29. The maximum atomic E-state index is 12.7. The van der Waals surface area contributed by atoms with Crippen LogP contribution in [0.2, 0.25) is 0 Å². The first-order valence-corrected chi connectivity index (χ1v) is 6.70. The Morgan fingerprint density at radius 1 is 1.24 bits per heavy atom. The van der Waals surface area contributed by atoms with Crippen molar-refractivity contribution in [2.75, 3.05) is 0 Å². The van der Waals surface area contributed by atoms with E-state index in [2.05, 4.69) is 4.98 Å². The van der Waals surface area contributed by atoms with Gasteiger partial charge < -0.3 is 0 Å². The molecular formula is C12H8AsFNO2. The molecule has 1 aromatic carbocycles. The molecule has 85 valence electrons. The van der Waals surface area contributed by atoms with Gasteiger partial charge in [-0.05, 0) is 0 Å². The molecule has 0 aliphatic rings. The molecule has 5 heteroatoms. The van der Waals surface area contributed by atoms with E-state index in [-0.39, 0.29) is 11.4 Å². The summed E-state index contributed by atoms with van der Waals surface area (Å²) < 4.78 is 14.2. The van der Waals surface area contributed by atoms with Crippen molar-refractivity contribution >= 4 is 30.6 Å². The molecule has 0 bridgehead atoms. The van der Waals surface area contributed by atoms with E-state index in [0.29, 0.717) is 4.48 Å². The molecule has 0 aliphatic heterocycles. The van der Waals surface area contributed by atoms with Crippen LogP contribution in [-0.2, 0) is 0 Å². The van der Waals surface area contributed by atoms with E-state index in [9.17, 15) is 9.18 Å². The van der Waals surface area contributed by atoms with Crippen molar-refractivity contribution in [2.24, 2.45) is 0 Å². The molecule has 1 heterocycles. The summed E-state index contributed by atoms with van der Waals surface area (Å²) in [5.41, 5.74) is 0.219. The topological polar surface area (TPSA) is 50.2 Å². The van der Waals surface area contributed by atoms with E-state index in [4.69, 9.17) is 5.11 Å². The normalized spacial score (nSPS) is 10.9. The van der Waals surface area contributed by atoms with Crippen LogP contribution in [0.15, 0.2) is 42.6 Å². The Balaban J connectivity index is 2.30. The zero-order chi connectivity index (χ0) is 12.3. The molecule has 17 heavy (non-hydrogen) atoms. The number of pyridine rings is 1. The summed E-state index contributed by atoms with van der Waals surface area (Å²) >= 11 is -0.539. The molecule has 1 radical (unpaired) electrons. The Morgan fingerprint density at radius 2 is 1.94 bits per heavy atom. The number of carboxylic acids is 1. The van der Waals surface area contributed by atoms with E-state index in [0.717, 1.165) is 4.35 Å². The van der Waals surface area contributed by atoms with Gasteiger partial charge in [0.25, 0.3) is 0 Å². The van der Waals surface area contributed by atoms with Gasteiger partial charge >= 0.3 is 104 Å². The van der Waals surface area contributed by atoms with Gasteiger partial charge in [0.15, 0.2) is 0 Å². The Kier molecular flexibility index (Phi) is 3.54. The van der Waals surface area contributed by atoms with Crippen molar-refractivity contribution in [3.63, 3.8) is 0 Å². The number of rotatable bonds is 3. The third-order valence-corrected chi connectivity index (χ3v) is 4.44. The van der Waals surface area contributed by atoms with Crippen molar-refractivity contribution in [1.82, 2.24) is 4.98 Å². The van der Waals surface area contributed by atoms with Gasteiger partial charge in [0.1, 0.15) is 0 Å². The van der Waals surface area contributed by atoms with Crippen LogP contribution in [0.1, 0.15) is 10.4 Å². The second-order valence-electron chi connectivity index (χ2n) is 3.27. The van der Waals surface area contributed by atoms with Crippen molar-refractivity contribution in [2.45, 2.75) is 0 Å². The molecule has 3 nitrogen and oxygen atoms in total. The average molecular weight is 292 g/mol. The van der Waals surface area contributed by atoms with Crippen molar-refractivity contribution in [3.05, 3.63) is 54.0 Å². The number of carboxylic acid groups (broad SMARTS) is 1. The minimum absolute atomic E-state index is 0.219. The predicted octanol–water partition coefficient (Wildman–Crippen LogP) is 0.574. The SMILES string of the molecule is O=C(O)c1cccnc1[As]c1ccc(F)cc1. The van der Waals surface area contributed by atoms with E-state index >= 15 is 0 Å². The second kappa shape index (κ2) is 5.11. The number of aromatic nitrogens is 1. The molecule has 0 unspecified atom stereocenters. The molecule has 1 N–H and O–H groups in total. The fraction of sp³-hybridized carbons (Fsp3) is 0. The third kappa shape index (κ3) is 2.92. The zero-order valence-electron chi connectivity index (χ0n) is 8.67. The summed E-state index contributed by atoms with van der Waals surface area (Å²) in [5, 5.41) is 9.00. The van der Waals surface area contributed by atoms with Crippen LogP contribution in [0.25, 0.3) is 0 Å². The van der Waals surface area contributed by atoms with Gasteiger partial charge in [0.2, 0.25) is 0 Å². The summed E-state index contributed by atoms with van der Waals surface area (Å²) in [6.45, 7) is 0. The summed E-state index contributed by atoms with van der Waals surface area (Å²) in [7, 11) is 0. The van der Waals surface area contributed by atoms with Crippen LogP contribution in [0.4, 0.5) is 4.39 Å². The van der Waals surface area contributed by atoms with Crippen LogP contribution < -0.4 is 8.83 Å². The molecule has 0 aliphatic carbocycles. The van der Waals surface area contributed by atoms with Crippen LogP contribution in [0.5, 0.6) is 0 Å². The second-order valence-corrected chi connectivity index (χ2v) is 5.71. The Bertz CT molecular complexity index is 542. The number of nitrogens with zero attached hydrogens (tertiary/aromatic N) is 1. The van der Waals surface area contributed by atoms with Crippen LogP contribution in [-0.4, -0.2) is 31.8 Å². The molecule has 0 fully saturated rings. The summed E-state index contributed by atoms with van der Waals surface area (Å²) in [4.78, 5) is 15.1. The first-order valence-electron chi connectivity index (χ1n) is 4.82. The van der Waals surface area contributed by atoms with Gasteiger partial charge in [-0.2, -0.15) is 0 Å².